The lowest BCUT2D eigenvalue weighted by molar-refractivity contribution is 0.102. The first-order valence-electron chi connectivity index (χ1n) is 11.7. The molecule has 190 valence electrons. The van der Waals surface area contributed by atoms with Crippen LogP contribution in [0.1, 0.15) is 35.2 Å². The van der Waals surface area contributed by atoms with Gasteiger partial charge in [0.1, 0.15) is 0 Å². The predicted molar refractivity (Wildman–Crippen MR) is 140 cm³/mol. The normalized spacial score (nSPS) is 14.8. The Morgan fingerprint density at radius 2 is 1.39 bits per heavy atom. The molecule has 1 heterocycles. The summed E-state index contributed by atoms with van der Waals surface area (Å²) in [7, 11) is -6.06. The van der Waals surface area contributed by atoms with Gasteiger partial charge in [-0.3, -0.25) is 9.10 Å². The van der Waals surface area contributed by atoms with Crippen LogP contribution < -0.4 is 9.62 Å². The molecule has 0 radical (unpaired) electrons. The van der Waals surface area contributed by atoms with Gasteiger partial charge in [0.25, 0.3) is 15.9 Å². The molecule has 36 heavy (non-hydrogen) atoms. The van der Waals surface area contributed by atoms with Crippen LogP contribution in [0, 0.1) is 6.92 Å². The molecule has 1 fully saturated rings. The molecule has 0 unspecified atom stereocenters. The summed E-state index contributed by atoms with van der Waals surface area (Å²) < 4.78 is 54.7. The Labute approximate surface area is 212 Å². The molecule has 0 spiro atoms. The van der Waals surface area contributed by atoms with Crippen LogP contribution >= 0.6 is 0 Å². The number of sulfonamides is 2. The van der Waals surface area contributed by atoms with E-state index >= 15 is 0 Å². The van der Waals surface area contributed by atoms with E-state index in [4.69, 9.17) is 0 Å². The zero-order valence-corrected chi connectivity index (χ0v) is 21.8. The zero-order chi connectivity index (χ0) is 25.9. The molecule has 8 nitrogen and oxygen atoms in total. The summed E-state index contributed by atoms with van der Waals surface area (Å²) in [5.41, 5.74) is 1.73. The first-order chi connectivity index (χ1) is 17.1. The molecule has 10 heteroatoms. The van der Waals surface area contributed by atoms with E-state index in [1.807, 2.05) is 6.92 Å². The Bertz CT molecular complexity index is 1450. The second-order valence-corrected chi connectivity index (χ2v) is 12.7. The van der Waals surface area contributed by atoms with Gasteiger partial charge >= 0.3 is 0 Å². The molecule has 1 saturated heterocycles. The lowest BCUT2D eigenvalue weighted by Crippen LogP contribution is -2.35. The summed E-state index contributed by atoms with van der Waals surface area (Å²) in [6.07, 6.45) is 2.72. The fourth-order valence-corrected chi connectivity index (χ4v) is 6.83. The molecule has 0 aromatic heterocycles. The lowest BCUT2D eigenvalue weighted by atomic mass is 10.1. The van der Waals surface area contributed by atoms with Crippen molar-refractivity contribution < 1.29 is 21.6 Å². The molecule has 1 N–H and O–H groups in total. The Morgan fingerprint density at radius 1 is 0.806 bits per heavy atom. The van der Waals surface area contributed by atoms with Gasteiger partial charge in [0.05, 0.1) is 21.0 Å². The summed E-state index contributed by atoms with van der Waals surface area (Å²) in [6, 6.07) is 18.9. The maximum absolute atomic E-state index is 13.2. The van der Waals surface area contributed by atoms with E-state index in [0.29, 0.717) is 18.8 Å². The minimum atomic E-state index is -3.89. The minimum Gasteiger partial charge on any atom is -0.322 e. The van der Waals surface area contributed by atoms with Crippen molar-refractivity contribution in [3.8, 4) is 0 Å². The number of carbonyl (C=O) groups excluding carboxylic acids is 1. The van der Waals surface area contributed by atoms with Gasteiger partial charge in [0.15, 0.2) is 0 Å². The lowest BCUT2D eigenvalue weighted by Gasteiger charge is -2.25. The monoisotopic (exact) mass is 527 g/mol. The van der Waals surface area contributed by atoms with Gasteiger partial charge in [-0.25, -0.2) is 16.8 Å². The number of amides is 1. The largest absolute Gasteiger partial charge is 0.322 e. The minimum absolute atomic E-state index is 0.122. The smallest absolute Gasteiger partial charge is 0.264 e. The van der Waals surface area contributed by atoms with Gasteiger partial charge in [-0.2, -0.15) is 4.31 Å². The van der Waals surface area contributed by atoms with Crippen molar-refractivity contribution in [1.29, 1.82) is 0 Å². The molecule has 4 rings (SSSR count). The maximum atomic E-state index is 13.2. The van der Waals surface area contributed by atoms with E-state index in [1.54, 1.807) is 36.4 Å². The van der Waals surface area contributed by atoms with Crippen LogP contribution in [0.15, 0.2) is 82.6 Å². The van der Waals surface area contributed by atoms with Gasteiger partial charge in [0, 0.05) is 25.8 Å². The summed E-state index contributed by atoms with van der Waals surface area (Å²) in [5, 5.41) is 2.74. The third kappa shape index (κ3) is 5.30. The van der Waals surface area contributed by atoms with E-state index < -0.39 is 26.0 Å². The van der Waals surface area contributed by atoms with E-state index in [2.05, 4.69) is 5.32 Å². The van der Waals surface area contributed by atoms with Gasteiger partial charge in [-0.1, -0.05) is 36.2 Å². The highest BCUT2D eigenvalue weighted by atomic mass is 32.2. The highest BCUT2D eigenvalue weighted by Gasteiger charge is 2.27. The standard InChI is InChI=1S/C26H29N3O5S2/c1-20-10-14-22(15-11-20)35(31,32)28(2)25-9-5-4-8-24(25)26(30)27-21-12-16-23(17-13-21)36(33,34)29-18-6-3-7-19-29/h4-5,8-17H,3,6-7,18-19H2,1-2H3,(H,27,30). The van der Waals surface area contributed by atoms with Crippen molar-refractivity contribution in [3.63, 3.8) is 0 Å². The van der Waals surface area contributed by atoms with Crippen LogP contribution in [0.4, 0.5) is 11.4 Å². The number of aryl methyl sites for hydroxylation is 1. The Kier molecular flexibility index (Phi) is 7.49. The van der Waals surface area contributed by atoms with E-state index in [-0.39, 0.29) is 21.0 Å². The number of carbonyl (C=O) groups is 1. The number of hydrogen-bond donors (Lipinski definition) is 1. The number of rotatable bonds is 7. The van der Waals surface area contributed by atoms with Gasteiger partial charge in [-0.15, -0.1) is 0 Å². The molecular formula is C26H29N3O5S2. The molecular weight excluding hydrogens is 498 g/mol. The molecule has 1 aliphatic rings. The fourth-order valence-electron chi connectivity index (χ4n) is 4.10. The number of anilines is 2. The van der Waals surface area contributed by atoms with Crippen molar-refractivity contribution in [2.75, 3.05) is 29.8 Å². The molecule has 0 saturated carbocycles. The first kappa shape index (κ1) is 25.9. The summed E-state index contributed by atoms with van der Waals surface area (Å²) in [4.78, 5) is 13.4. The SMILES string of the molecule is Cc1ccc(S(=O)(=O)N(C)c2ccccc2C(=O)Nc2ccc(S(=O)(=O)N3CCCCC3)cc2)cc1. The maximum Gasteiger partial charge on any atom is 0.264 e. The van der Waals surface area contributed by atoms with Crippen molar-refractivity contribution in [1.82, 2.24) is 4.31 Å². The first-order valence-corrected chi connectivity index (χ1v) is 14.5. The van der Waals surface area contributed by atoms with Gasteiger partial charge in [-0.05, 0) is 68.3 Å². The van der Waals surface area contributed by atoms with E-state index in [9.17, 15) is 21.6 Å². The molecule has 0 atom stereocenters. The Balaban J connectivity index is 1.54. The molecule has 0 bridgehead atoms. The number of benzene rings is 3. The van der Waals surface area contributed by atoms with Gasteiger partial charge < -0.3 is 5.32 Å². The number of nitrogens with one attached hydrogen (secondary N) is 1. The predicted octanol–water partition coefficient (Wildman–Crippen LogP) is 4.25. The number of para-hydroxylation sites is 1. The van der Waals surface area contributed by atoms with Crippen LogP contribution in [-0.2, 0) is 20.0 Å². The van der Waals surface area contributed by atoms with Crippen molar-refractivity contribution in [2.24, 2.45) is 0 Å². The van der Waals surface area contributed by atoms with Crippen LogP contribution in [0.25, 0.3) is 0 Å². The molecule has 3 aromatic carbocycles. The van der Waals surface area contributed by atoms with Crippen molar-refractivity contribution in [3.05, 3.63) is 83.9 Å². The number of piperidine rings is 1. The summed E-state index contributed by atoms with van der Waals surface area (Å²) in [5.74, 6) is -0.511. The van der Waals surface area contributed by atoms with Crippen LogP contribution in [0.2, 0.25) is 0 Å². The quantitative estimate of drug-likeness (QED) is 0.495. The van der Waals surface area contributed by atoms with Crippen LogP contribution in [0.3, 0.4) is 0 Å². The molecule has 1 amide bonds. The summed E-state index contributed by atoms with van der Waals surface area (Å²) in [6.45, 7) is 2.89. The molecule has 3 aromatic rings. The molecule has 0 aliphatic carbocycles. The highest BCUT2D eigenvalue weighted by Crippen LogP contribution is 2.27. The van der Waals surface area contributed by atoms with Crippen molar-refractivity contribution in [2.45, 2.75) is 36.0 Å². The second kappa shape index (κ2) is 10.4. The second-order valence-electron chi connectivity index (χ2n) is 8.75. The Hall–Kier alpha value is -3.21. The molecule has 1 aliphatic heterocycles. The van der Waals surface area contributed by atoms with Crippen LogP contribution in [-0.4, -0.2) is 47.2 Å². The highest BCUT2D eigenvalue weighted by molar-refractivity contribution is 7.92. The third-order valence-corrected chi connectivity index (χ3v) is 9.93. The van der Waals surface area contributed by atoms with Crippen molar-refractivity contribution >= 4 is 37.3 Å². The Morgan fingerprint density at radius 3 is 2.03 bits per heavy atom. The summed E-state index contributed by atoms with van der Waals surface area (Å²) >= 11 is 0. The number of hydrogen-bond acceptors (Lipinski definition) is 5. The third-order valence-electron chi connectivity index (χ3n) is 6.23. The number of nitrogens with zero attached hydrogens (tertiary/aromatic N) is 2. The fraction of sp³-hybridized carbons (Fsp3) is 0.269. The van der Waals surface area contributed by atoms with E-state index in [0.717, 1.165) is 29.1 Å². The topological polar surface area (TPSA) is 104 Å². The average molecular weight is 528 g/mol. The van der Waals surface area contributed by atoms with Crippen LogP contribution in [0.5, 0.6) is 0 Å². The zero-order valence-electron chi connectivity index (χ0n) is 20.2. The van der Waals surface area contributed by atoms with E-state index in [1.165, 1.54) is 47.8 Å². The average Bonchev–Trinajstić information content (AvgIpc) is 2.89. The van der Waals surface area contributed by atoms with Gasteiger partial charge in [0.2, 0.25) is 10.0 Å².